The van der Waals surface area contributed by atoms with E-state index in [0.29, 0.717) is 32.2 Å². The third-order valence-electron chi connectivity index (χ3n) is 2.33. The molecule has 1 fully saturated rings. The molecule has 15 heavy (non-hydrogen) atoms. The van der Waals surface area contributed by atoms with E-state index in [4.69, 9.17) is 16.3 Å². The van der Waals surface area contributed by atoms with E-state index in [0.717, 1.165) is 6.42 Å². The van der Waals surface area contributed by atoms with Gasteiger partial charge in [0.05, 0.1) is 12.4 Å². The van der Waals surface area contributed by atoms with Gasteiger partial charge in [-0.3, -0.25) is 0 Å². The van der Waals surface area contributed by atoms with Crippen molar-refractivity contribution in [2.45, 2.75) is 13.3 Å². The van der Waals surface area contributed by atoms with Gasteiger partial charge in [-0.25, -0.2) is 8.42 Å². The number of hydrogen-bond acceptors (Lipinski definition) is 3. The summed E-state index contributed by atoms with van der Waals surface area (Å²) in [7, 11) is -3.15. The lowest BCUT2D eigenvalue weighted by molar-refractivity contribution is 0.148. The van der Waals surface area contributed by atoms with E-state index in [9.17, 15) is 8.42 Å². The van der Waals surface area contributed by atoms with E-state index in [1.165, 1.54) is 4.31 Å². The number of halogens is 1. The molecule has 1 aliphatic heterocycles. The highest BCUT2D eigenvalue weighted by molar-refractivity contribution is 7.89. The van der Waals surface area contributed by atoms with E-state index < -0.39 is 10.0 Å². The summed E-state index contributed by atoms with van der Waals surface area (Å²) in [5.41, 5.74) is 0. The smallest absolute Gasteiger partial charge is 0.214 e. The first kappa shape index (κ1) is 13.2. The normalized spacial score (nSPS) is 22.3. The zero-order valence-corrected chi connectivity index (χ0v) is 10.6. The lowest BCUT2D eigenvalue weighted by atomic mass is 10.3. The molecule has 0 aliphatic carbocycles. The number of sulfonamides is 1. The fourth-order valence-corrected chi connectivity index (χ4v) is 3.56. The van der Waals surface area contributed by atoms with Crippen LogP contribution in [-0.2, 0) is 14.8 Å². The Morgan fingerprint density at radius 1 is 1.40 bits per heavy atom. The van der Waals surface area contributed by atoms with E-state index in [-0.39, 0.29) is 11.7 Å². The van der Waals surface area contributed by atoms with E-state index in [1.54, 1.807) is 0 Å². The fourth-order valence-electron chi connectivity index (χ4n) is 1.51. The third kappa shape index (κ3) is 4.26. The highest BCUT2D eigenvalue weighted by Crippen LogP contribution is 2.11. The van der Waals surface area contributed by atoms with Gasteiger partial charge in [0.1, 0.15) is 0 Å². The van der Waals surface area contributed by atoms with Gasteiger partial charge in [-0.05, 0) is 12.3 Å². The van der Waals surface area contributed by atoms with Crippen LogP contribution in [0.2, 0.25) is 0 Å². The van der Waals surface area contributed by atoms with Gasteiger partial charge in [-0.1, -0.05) is 6.92 Å². The molecule has 6 heteroatoms. The molecular formula is C9H18ClNO3S. The average Bonchev–Trinajstić information content (AvgIpc) is 2.45. The lowest BCUT2D eigenvalue weighted by Gasteiger charge is -2.20. The Kier molecular flexibility index (Phi) is 5.32. The van der Waals surface area contributed by atoms with Crippen LogP contribution in [0.4, 0.5) is 0 Å². The van der Waals surface area contributed by atoms with Gasteiger partial charge in [0.2, 0.25) is 10.0 Å². The molecule has 0 saturated carbocycles. The van der Waals surface area contributed by atoms with Gasteiger partial charge < -0.3 is 4.74 Å². The molecule has 0 aromatic heterocycles. The average molecular weight is 256 g/mol. The SMILES string of the molecule is CC(CCl)CS(=O)(=O)N1CCCOCC1. The second-order valence-electron chi connectivity index (χ2n) is 3.90. The van der Waals surface area contributed by atoms with Crippen molar-refractivity contribution in [1.29, 1.82) is 0 Å². The Bertz CT molecular complexity index is 273. The summed E-state index contributed by atoms with van der Waals surface area (Å²) in [5, 5.41) is 0. The first-order valence-corrected chi connectivity index (χ1v) is 7.32. The predicted octanol–water partition coefficient (Wildman–Crippen LogP) is 0.913. The zero-order chi connectivity index (χ0) is 11.3. The molecule has 1 saturated heterocycles. The van der Waals surface area contributed by atoms with Gasteiger partial charge in [-0.15, -0.1) is 11.6 Å². The van der Waals surface area contributed by atoms with Crippen LogP contribution in [-0.4, -0.2) is 50.7 Å². The molecule has 4 nitrogen and oxygen atoms in total. The van der Waals surface area contributed by atoms with Crippen LogP contribution in [0.1, 0.15) is 13.3 Å². The first-order chi connectivity index (χ1) is 7.06. The van der Waals surface area contributed by atoms with Crippen LogP contribution in [0.15, 0.2) is 0 Å². The summed E-state index contributed by atoms with van der Waals surface area (Å²) in [6.07, 6.45) is 0.772. The van der Waals surface area contributed by atoms with Crippen LogP contribution >= 0.6 is 11.6 Å². The topological polar surface area (TPSA) is 46.6 Å². The molecular weight excluding hydrogens is 238 g/mol. The number of nitrogens with zero attached hydrogens (tertiary/aromatic N) is 1. The molecule has 90 valence electrons. The number of alkyl halides is 1. The quantitative estimate of drug-likeness (QED) is 0.702. The monoisotopic (exact) mass is 255 g/mol. The van der Waals surface area contributed by atoms with Crippen LogP contribution in [0.25, 0.3) is 0 Å². The summed E-state index contributed by atoms with van der Waals surface area (Å²) >= 11 is 5.62. The minimum absolute atomic E-state index is 0.000776. The first-order valence-electron chi connectivity index (χ1n) is 5.18. The second-order valence-corrected chi connectivity index (χ2v) is 6.23. The number of rotatable bonds is 4. The van der Waals surface area contributed by atoms with Gasteiger partial charge in [0.25, 0.3) is 0 Å². The molecule has 0 spiro atoms. The zero-order valence-electron chi connectivity index (χ0n) is 8.99. The Morgan fingerprint density at radius 2 is 2.13 bits per heavy atom. The standard InChI is InChI=1S/C9H18ClNO3S/c1-9(7-10)8-15(12,13)11-3-2-5-14-6-4-11/h9H,2-8H2,1H3. The highest BCUT2D eigenvalue weighted by atomic mass is 35.5. The van der Waals surface area contributed by atoms with Gasteiger partial charge >= 0.3 is 0 Å². The maximum Gasteiger partial charge on any atom is 0.214 e. The van der Waals surface area contributed by atoms with E-state index in [1.807, 2.05) is 6.92 Å². The number of hydrogen-bond donors (Lipinski definition) is 0. The Balaban J connectivity index is 2.58. The molecule has 0 bridgehead atoms. The minimum atomic E-state index is -3.15. The van der Waals surface area contributed by atoms with Crippen molar-refractivity contribution in [3.05, 3.63) is 0 Å². The minimum Gasteiger partial charge on any atom is -0.380 e. The maximum absolute atomic E-state index is 11.9. The van der Waals surface area contributed by atoms with Crippen LogP contribution < -0.4 is 0 Å². The Morgan fingerprint density at radius 3 is 2.80 bits per heavy atom. The van der Waals surface area contributed by atoms with Crippen molar-refractivity contribution < 1.29 is 13.2 Å². The summed E-state index contributed by atoms with van der Waals surface area (Å²) in [6.45, 7) is 4.03. The Hall–Kier alpha value is 0.160. The predicted molar refractivity (Wildman–Crippen MR) is 60.7 cm³/mol. The molecule has 1 aliphatic rings. The largest absolute Gasteiger partial charge is 0.380 e. The van der Waals surface area contributed by atoms with Crippen LogP contribution in [0, 0.1) is 5.92 Å². The molecule has 1 unspecified atom stereocenters. The highest BCUT2D eigenvalue weighted by Gasteiger charge is 2.24. The summed E-state index contributed by atoms with van der Waals surface area (Å²) in [6, 6.07) is 0. The molecule has 0 aromatic carbocycles. The summed E-state index contributed by atoms with van der Waals surface area (Å²) in [4.78, 5) is 0. The van der Waals surface area contributed by atoms with Crippen molar-refractivity contribution in [1.82, 2.24) is 4.31 Å². The molecule has 0 radical (unpaired) electrons. The third-order valence-corrected chi connectivity index (χ3v) is 5.00. The fraction of sp³-hybridized carbons (Fsp3) is 1.00. The molecule has 1 rings (SSSR count). The van der Waals surface area contributed by atoms with Gasteiger partial charge in [0.15, 0.2) is 0 Å². The van der Waals surface area contributed by atoms with Crippen molar-refractivity contribution in [3.63, 3.8) is 0 Å². The lowest BCUT2D eigenvalue weighted by Crippen LogP contribution is -2.36. The van der Waals surface area contributed by atoms with Crippen molar-refractivity contribution in [3.8, 4) is 0 Å². The summed E-state index contributed by atoms with van der Waals surface area (Å²) in [5.74, 6) is 0.515. The van der Waals surface area contributed by atoms with Crippen LogP contribution in [0.5, 0.6) is 0 Å². The number of ether oxygens (including phenoxy) is 1. The Labute approximate surface area is 96.6 Å². The van der Waals surface area contributed by atoms with Gasteiger partial charge in [-0.2, -0.15) is 4.31 Å². The van der Waals surface area contributed by atoms with Crippen molar-refractivity contribution >= 4 is 21.6 Å². The van der Waals surface area contributed by atoms with Gasteiger partial charge in [0, 0.05) is 25.6 Å². The molecule has 0 aromatic rings. The second kappa shape index (κ2) is 6.03. The molecule has 1 atom stereocenters. The van der Waals surface area contributed by atoms with E-state index >= 15 is 0 Å². The molecule has 1 heterocycles. The molecule has 0 amide bonds. The van der Waals surface area contributed by atoms with Crippen molar-refractivity contribution in [2.24, 2.45) is 5.92 Å². The maximum atomic E-state index is 11.9. The van der Waals surface area contributed by atoms with Crippen molar-refractivity contribution in [2.75, 3.05) is 37.9 Å². The van der Waals surface area contributed by atoms with E-state index in [2.05, 4.69) is 0 Å². The van der Waals surface area contributed by atoms with Crippen LogP contribution in [0.3, 0.4) is 0 Å². The molecule has 0 N–H and O–H groups in total. The summed E-state index contributed by atoms with van der Waals surface area (Å²) < 4.78 is 30.6.